The lowest BCUT2D eigenvalue weighted by molar-refractivity contribution is 0.664. The zero-order valence-electron chi connectivity index (χ0n) is 9.78. The molecule has 0 saturated heterocycles. The normalized spacial score (nSPS) is 9.94. The maximum absolute atomic E-state index is 5.01. The number of hydrogen-bond donors (Lipinski definition) is 2. The molecule has 1 aromatic carbocycles. The molecule has 0 saturated carbocycles. The number of nitrogens with one attached hydrogen (secondary N) is 2. The van der Waals surface area contributed by atoms with Gasteiger partial charge in [0.15, 0.2) is 0 Å². The van der Waals surface area contributed by atoms with Crippen LogP contribution in [0.1, 0.15) is 5.56 Å². The molecule has 1 aromatic rings. The third-order valence-corrected chi connectivity index (χ3v) is 3.20. The van der Waals surface area contributed by atoms with Gasteiger partial charge in [0.2, 0.25) is 0 Å². The van der Waals surface area contributed by atoms with Crippen LogP contribution in [-0.2, 0) is 6.54 Å². The third kappa shape index (κ3) is 4.38. The van der Waals surface area contributed by atoms with Gasteiger partial charge in [-0.1, -0.05) is 36.1 Å². The van der Waals surface area contributed by atoms with Gasteiger partial charge in [0.1, 0.15) is 4.32 Å². The lowest BCUT2D eigenvalue weighted by Gasteiger charge is -2.13. The van der Waals surface area contributed by atoms with Crippen molar-refractivity contribution in [2.75, 3.05) is 25.3 Å². The number of rotatable bonds is 4. The van der Waals surface area contributed by atoms with E-state index in [-0.39, 0.29) is 0 Å². The van der Waals surface area contributed by atoms with Crippen LogP contribution in [0.15, 0.2) is 24.3 Å². The molecule has 88 valence electrons. The minimum atomic E-state index is 0.755. The van der Waals surface area contributed by atoms with Crippen molar-refractivity contribution < 1.29 is 0 Å². The number of hydrogen-bond acceptors (Lipinski definition) is 4. The van der Waals surface area contributed by atoms with Gasteiger partial charge in [0.05, 0.1) is 0 Å². The van der Waals surface area contributed by atoms with Crippen molar-refractivity contribution in [2.45, 2.75) is 6.54 Å². The van der Waals surface area contributed by atoms with Crippen LogP contribution in [0, 0.1) is 0 Å². The summed E-state index contributed by atoms with van der Waals surface area (Å²) in [6.45, 7) is 0.758. The minimum Gasteiger partial charge on any atom is -0.378 e. The average molecular weight is 255 g/mol. The van der Waals surface area contributed by atoms with Gasteiger partial charge in [0.25, 0.3) is 0 Å². The van der Waals surface area contributed by atoms with Gasteiger partial charge in [-0.25, -0.2) is 5.43 Å². The van der Waals surface area contributed by atoms with Gasteiger partial charge in [-0.2, -0.15) is 0 Å². The molecule has 0 amide bonds. The molecular weight excluding hydrogens is 238 g/mol. The smallest absolute Gasteiger partial charge is 0.147 e. The quantitative estimate of drug-likeness (QED) is 0.634. The van der Waals surface area contributed by atoms with E-state index in [1.54, 1.807) is 0 Å². The van der Waals surface area contributed by atoms with Crippen LogP contribution in [0.5, 0.6) is 0 Å². The van der Waals surface area contributed by atoms with Crippen molar-refractivity contribution in [1.29, 1.82) is 0 Å². The highest BCUT2D eigenvalue weighted by atomic mass is 32.2. The summed E-state index contributed by atoms with van der Waals surface area (Å²) in [5.41, 5.74) is 8.46. The third-order valence-electron chi connectivity index (χ3n) is 2.12. The van der Waals surface area contributed by atoms with E-state index in [0.29, 0.717) is 0 Å². The number of nitrogens with zero attached hydrogens (tertiary/aromatic N) is 1. The summed E-state index contributed by atoms with van der Waals surface area (Å²) >= 11 is 6.53. The Morgan fingerprint density at radius 3 is 2.44 bits per heavy atom. The maximum atomic E-state index is 5.01. The van der Waals surface area contributed by atoms with E-state index < -0.39 is 0 Å². The summed E-state index contributed by atoms with van der Waals surface area (Å²) in [7, 11) is 4.07. The van der Waals surface area contributed by atoms with Crippen LogP contribution in [-0.4, -0.2) is 24.7 Å². The Balaban J connectivity index is 2.40. The van der Waals surface area contributed by atoms with Gasteiger partial charge in [-0.05, 0) is 24.0 Å². The van der Waals surface area contributed by atoms with Crippen LogP contribution in [0.25, 0.3) is 0 Å². The van der Waals surface area contributed by atoms with E-state index in [1.807, 2.05) is 20.4 Å². The molecule has 16 heavy (non-hydrogen) atoms. The Morgan fingerprint density at radius 1 is 1.31 bits per heavy atom. The standard InChI is InChI=1S/C11H17N3S2/c1-14(2)10-6-4-9(5-7-10)8-12-13-11(15)16-3/h4-7,12H,8H2,1-3H3,(H,13,15). The SMILES string of the molecule is CSC(=S)NNCc1ccc(N(C)C)cc1. The van der Waals surface area contributed by atoms with Crippen molar-refractivity contribution in [3.63, 3.8) is 0 Å². The highest BCUT2D eigenvalue weighted by Gasteiger charge is 1.96. The second kappa shape index (κ2) is 6.73. The number of thioether (sulfide) groups is 1. The Kier molecular flexibility index (Phi) is 5.59. The molecule has 0 fully saturated rings. The molecule has 0 atom stereocenters. The van der Waals surface area contributed by atoms with E-state index in [9.17, 15) is 0 Å². The highest BCUT2D eigenvalue weighted by molar-refractivity contribution is 8.22. The molecule has 1 rings (SSSR count). The van der Waals surface area contributed by atoms with Crippen LogP contribution in [0.3, 0.4) is 0 Å². The predicted molar refractivity (Wildman–Crippen MR) is 76.9 cm³/mol. The van der Waals surface area contributed by atoms with Gasteiger partial charge >= 0.3 is 0 Å². The van der Waals surface area contributed by atoms with Gasteiger partial charge in [0, 0.05) is 26.3 Å². The Bertz CT molecular complexity index is 336. The lowest BCUT2D eigenvalue weighted by Crippen LogP contribution is -2.33. The van der Waals surface area contributed by atoms with Crippen molar-refractivity contribution in [2.24, 2.45) is 0 Å². The molecule has 2 N–H and O–H groups in total. The van der Waals surface area contributed by atoms with Gasteiger partial charge < -0.3 is 10.3 Å². The van der Waals surface area contributed by atoms with Crippen molar-refractivity contribution in [3.05, 3.63) is 29.8 Å². The van der Waals surface area contributed by atoms with E-state index in [0.717, 1.165) is 10.9 Å². The summed E-state index contributed by atoms with van der Waals surface area (Å²) < 4.78 is 0.755. The molecule has 0 unspecified atom stereocenters. The zero-order chi connectivity index (χ0) is 12.0. The van der Waals surface area contributed by atoms with Crippen LogP contribution < -0.4 is 15.8 Å². The summed E-state index contributed by atoms with van der Waals surface area (Å²) in [5.74, 6) is 0. The van der Waals surface area contributed by atoms with Crippen LogP contribution >= 0.6 is 24.0 Å². The number of benzene rings is 1. The van der Waals surface area contributed by atoms with Crippen molar-refractivity contribution in [3.8, 4) is 0 Å². The lowest BCUT2D eigenvalue weighted by atomic mass is 10.2. The van der Waals surface area contributed by atoms with Gasteiger partial charge in [-0.15, -0.1) is 0 Å². The van der Waals surface area contributed by atoms with E-state index in [1.165, 1.54) is 23.0 Å². The number of thiocarbonyl (C=S) groups is 1. The fourth-order valence-electron chi connectivity index (χ4n) is 1.18. The number of hydrazine groups is 1. The Hall–Kier alpha value is -0.780. The largest absolute Gasteiger partial charge is 0.378 e. The first-order valence-electron chi connectivity index (χ1n) is 4.96. The molecule has 0 heterocycles. The van der Waals surface area contributed by atoms with E-state index >= 15 is 0 Å². The van der Waals surface area contributed by atoms with Crippen LogP contribution in [0.2, 0.25) is 0 Å². The molecule has 0 radical (unpaired) electrons. The Labute approximate surface area is 107 Å². The topological polar surface area (TPSA) is 27.3 Å². The monoisotopic (exact) mass is 255 g/mol. The summed E-state index contributed by atoms with van der Waals surface area (Å²) in [4.78, 5) is 2.08. The highest BCUT2D eigenvalue weighted by Crippen LogP contribution is 2.11. The number of anilines is 1. The molecule has 0 aliphatic rings. The van der Waals surface area contributed by atoms with Gasteiger partial charge in [-0.3, -0.25) is 0 Å². The molecule has 0 aliphatic heterocycles. The first-order valence-corrected chi connectivity index (χ1v) is 6.60. The van der Waals surface area contributed by atoms with Crippen LogP contribution in [0.4, 0.5) is 5.69 Å². The molecule has 0 aromatic heterocycles. The maximum Gasteiger partial charge on any atom is 0.147 e. The first-order chi connectivity index (χ1) is 7.63. The second-order valence-corrected chi connectivity index (χ2v) is 5.01. The van der Waals surface area contributed by atoms with Crippen molar-refractivity contribution in [1.82, 2.24) is 10.9 Å². The molecule has 0 aliphatic carbocycles. The zero-order valence-corrected chi connectivity index (χ0v) is 11.4. The fourth-order valence-corrected chi connectivity index (χ4v) is 1.43. The fraction of sp³-hybridized carbons (Fsp3) is 0.364. The molecule has 0 bridgehead atoms. The van der Waals surface area contributed by atoms with E-state index in [4.69, 9.17) is 12.2 Å². The average Bonchev–Trinajstić information content (AvgIpc) is 2.29. The minimum absolute atomic E-state index is 0.755. The Morgan fingerprint density at radius 2 is 1.94 bits per heavy atom. The summed E-state index contributed by atoms with van der Waals surface area (Å²) in [6.07, 6.45) is 1.95. The molecule has 0 spiro atoms. The molecule has 3 nitrogen and oxygen atoms in total. The second-order valence-electron chi connectivity index (χ2n) is 3.53. The van der Waals surface area contributed by atoms with E-state index in [2.05, 4.69) is 40.0 Å². The van der Waals surface area contributed by atoms with Crippen molar-refractivity contribution >= 4 is 34.0 Å². The summed E-state index contributed by atoms with van der Waals surface area (Å²) in [6, 6.07) is 8.41. The predicted octanol–water partition coefficient (Wildman–Crippen LogP) is 1.99. The first kappa shape index (κ1) is 13.3. The summed E-state index contributed by atoms with van der Waals surface area (Å²) in [5, 5.41) is 0. The molecule has 5 heteroatoms. The molecular formula is C11H17N3S2.